The number of nitrogens with zero attached hydrogens (tertiary/aromatic N) is 2. The molecule has 20 heavy (non-hydrogen) atoms. The SMILES string of the molecule is CN(CC1CCCNC1)C(=O)c1ccc2cn[nH]c2c1. The third-order valence-corrected chi connectivity index (χ3v) is 3.97. The monoisotopic (exact) mass is 272 g/mol. The van der Waals surface area contributed by atoms with Gasteiger partial charge < -0.3 is 10.2 Å². The summed E-state index contributed by atoms with van der Waals surface area (Å²) in [6.07, 6.45) is 4.16. The molecule has 1 aliphatic rings. The van der Waals surface area contributed by atoms with E-state index < -0.39 is 0 Å². The van der Waals surface area contributed by atoms with E-state index in [4.69, 9.17) is 0 Å². The van der Waals surface area contributed by atoms with Gasteiger partial charge in [-0.1, -0.05) is 6.07 Å². The van der Waals surface area contributed by atoms with Crippen molar-refractivity contribution in [1.29, 1.82) is 0 Å². The zero-order valence-electron chi connectivity index (χ0n) is 11.7. The Kier molecular flexibility index (Phi) is 3.69. The Balaban J connectivity index is 1.70. The lowest BCUT2D eigenvalue weighted by atomic mass is 9.99. The topological polar surface area (TPSA) is 61.0 Å². The van der Waals surface area contributed by atoms with Gasteiger partial charge in [0.1, 0.15) is 0 Å². The molecule has 2 aromatic rings. The molecule has 1 atom stereocenters. The van der Waals surface area contributed by atoms with E-state index in [2.05, 4.69) is 15.5 Å². The van der Waals surface area contributed by atoms with Crippen LogP contribution in [0.25, 0.3) is 10.9 Å². The highest BCUT2D eigenvalue weighted by molar-refractivity contribution is 5.97. The van der Waals surface area contributed by atoms with E-state index in [0.717, 1.165) is 30.5 Å². The van der Waals surface area contributed by atoms with Crippen LogP contribution in [0.2, 0.25) is 0 Å². The van der Waals surface area contributed by atoms with Gasteiger partial charge in [-0.25, -0.2) is 0 Å². The Morgan fingerprint density at radius 3 is 3.20 bits per heavy atom. The fourth-order valence-corrected chi connectivity index (χ4v) is 2.84. The van der Waals surface area contributed by atoms with E-state index in [1.54, 1.807) is 6.20 Å². The lowest BCUT2D eigenvalue weighted by Gasteiger charge is -2.27. The molecule has 0 spiro atoms. The van der Waals surface area contributed by atoms with Crippen LogP contribution in [0.15, 0.2) is 24.4 Å². The number of piperidine rings is 1. The van der Waals surface area contributed by atoms with Gasteiger partial charge in [-0.3, -0.25) is 9.89 Å². The Morgan fingerprint density at radius 1 is 1.50 bits per heavy atom. The molecule has 1 aromatic heterocycles. The van der Waals surface area contributed by atoms with Gasteiger partial charge in [0.05, 0.1) is 11.7 Å². The first-order valence-electron chi connectivity index (χ1n) is 7.13. The summed E-state index contributed by atoms with van der Waals surface area (Å²) in [5.41, 5.74) is 1.62. The van der Waals surface area contributed by atoms with Crippen molar-refractivity contribution in [3.8, 4) is 0 Å². The van der Waals surface area contributed by atoms with Crippen molar-refractivity contribution in [2.45, 2.75) is 12.8 Å². The number of fused-ring (bicyclic) bond motifs is 1. The number of hydrogen-bond acceptors (Lipinski definition) is 3. The van der Waals surface area contributed by atoms with Crippen molar-refractivity contribution in [2.24, 2.45) is 5.92 Å². The van der Waals surface area contributed by atoms with Gasteiger partial charge in [-0.15, -0.1) is 0 Å². The van der Waals surface area contributed by atoms with Crippen molar-refractivity contribution in [3.05, 3.63) is 30.0 Å². The van der Waals surface area contributed by atoms with Gasteiger partial charge in [-0.2, -0.15) is 5.10 Å². The molecule has 2 N–H and O–H groups in total. The van der Waals surface area contributed by atoms with Crippen LogP contribution >= 0.6 is 0 Å². The van der Waals surface area contributed by atoms with Crippen molar-refractivity contribution in [2.75, 3.05) is 26.7 Å². The number of H-pyrrole nitrogens is 1. The van der Waals surface area contributed by atoms with Crippen LogP contribution in [-0.2, 0) is 0 Å². The smallest absolute Gasteiger partial charge is 0.253 e. The highest BCUT2D eigenvalue weighted by Gasteiger charge is 2.19. The molecular formula is C15H20N4O. The number of amides is 1. The highest BCUT2D eigenvalue weighted by atomic mass is 16.2. The largest absolute Gasteiger partial charge is 0.341 e. The molecule has 1 aliphatic heterocycles. The first-order valence-corrected chi connectivity index (χ1v) is 7.13. The highest BCUT2D eigenvalue weighted by Crippen LogP contribution is 2.16. The Hall–Kier alpha value is -1.88. The molecule has 1 aromatic carbocycles. The third-order valence-electron chi connectivity index (χ3n) is 3.97. The molecule has 2 heterocycles. The summed E-state index contributed by atoms with van der Waals surface area (Å²) in [7, 11) is 1.88. The zero-order valence-corrected chi connectivity index (χ0v) is 11.7. The van der Waals surface area contributed by atoms with E-state index in [1.165, 1.54) is 12.8 Å². The number of aromatic amines is 1. The summed E-state index contributed by atoms with van der Waals surface area (Å²) in [6, 6.07) is 5.68. The lowest BCUT2D eigenvalue weighted by Crippen LogP contribution is -2.39. The summed E-state index contributed by atoms with van der Waals surface area (Å²) >= 11 is 0. The van der Waals surface area contributed by atoms with Crippen molar-refractivity contribution < 1.29 is 4.79 Å². The van der Waals surface area contributed by atoms with Gasteiger partial charge >= 0.3 is 0 Å². The summed E-state index contributed by atoms with van der Waals surface area (Å²) < 4.78 is 0. The second kappa shape index (κ2) is 5.63. The molecule has 3 rings (SSSR count). The fourth-order valence-electron chi connectivity index (χ4n) is 2.84. The van der Waals surface area contributed by atoms with E-state index >= 15 is 0 Å². The third kappa shape index (κ3) is 2.67. The van der Waals surface area contributed by atoms with Crippen LogP contribution in [0, 0.1) is 5.92 Å². The molecule has 1 amide bonds. The quantitative estimate of drug-likeness (QED) is 0.893. The molecule has 0 bridgehead atoms. The van der Waals surface area contributed by atoms with E-state index in [-0.39, 0.29) is 5.91 Å². The summed E-state index contributed by atoms with van der Waals surface area (Å²) in [5, 5.41) is 11.3. The first kappa shape index (κ1) is 13.1. The zero-order chi connectivity index (χ0) is 13.9. The summed E-state index contributed by atoms with van der Waals surface area (Å²) in [4.78, 5) is 14.3. The van der Waals surface area contributed by atoms with Crippen LogP contribution in [-0.4, -0.2) is 47.7 Å². The van der Waals surface area contributed by atoms with Gasteiger partial charge in [0.15, 0.2) is 0 Å². The minimum absolute atomic E-state index is 0.0760. The molecule has 0 saturated carbocycles. The lowest BCUT2D eigenvalue weighted by molar-refractivity contribution is 0.0765. The van der Waals surface area contributed by atoms with Gasteiger partial charge in [0.25, 0.3) is 5.91 Å². The Morgan fingerprint density at radius 2 is 2.40 bits per heavy atom. The van der Waals surface area contributed by atoms with Crippen molar-refractivity contribution in [3.63, 3.8) is 0 Å². The number of nitrogens with one attached hydrogen (secondary N) is 2. The van der Waals surface area contributed by atoms with Gasteiger partial charge in [0, 0.05) is 24.5 Å². The molecular weight excluding hydrogens is 252 g/mol. The molecule has 1 fully saturated rings. The second-order valence-electron chi connectivity index (χ2n) is 5.57. The van der Waals surface area contributed by atoms with Crippen LogP contribution in [0.5, 0.6) is 0 Å². The van der Waals surface area contributed by atoms with Crippen LogP contribution in [0.4, 0.5) is 0 Å². The summed E-state index contributed by atoms with van der Waals surface area (Å²) in [5.74, 6) is 0.639. The Labute approximate surface area is 118 Å². The van der Waals surface area contributed by atoms with E-state index in [9.17, 15) is 4.79 Å². The van der Waals surface area contributed by atoms with Crippen LogP contribution in [0.1, 0.15) is 23.2 Å². The fraction of sp³-hybridized carbons (Fsp3) is 0.467. The number of rotatable bonds is 3. The number of hydrogen-bond donors (Lipinski definition) is 2. The maximum absolute atomic E-state index is 12.5. The maximum Gasteiger partial charge on any atom is 0.253 e. The molecule has 0 radical (unpaired) electrons. The first-order chi connectivity index (χ1) is 9.74. The standard InChI is InChI=1S/C15H20N4O/c1-19(10-11-3-2-6-16-8-11)15(20)12-4-5-13-9-17-18-14(13)7-12/h4-5,7,9,11,16H,2-3,6,8,10H2,1H3,(H,17,18). The maximum atomic E-state index is 12.5. The number of aromatic nitrogens is 2. The normalized spacial score (nSPS) is 19.1. The molecule has 5 nitrogen and oxygen atoms in total. The average molecular weight is 272 g/mol. The predicted molar refractivity (Wildman–Crippen MR) is 78.6 cm³/mol. The van der Waals surface area contributed by atoms with Crippen LogP contribution in [0.3, 0.4) is 0 Å². The molecule has 0 aliphatic carbocycles. The van der Waals surface area contributed by atoms with Gasteiger partial charge in [0.2, 0.25) is 0 Å². The van der Waals surface area contributed by atoms with Gasteiger partial charge in [-0.05, 0) is 44.0 Å². The van der Waals surface area contributed by atoms with Crippen molar-refractivity contribution in [1.82, 2.24) is 20.4 Å². The molecule has 1 saturated heterocycles. The van der Waals surface area contributed by atoms with Crippen LogP contribution < -0.4 is 5.32 Å². The average Bonchev–Trinajstić information content (AvgIpc) is 2.94. The minimum Gasteiger partial charge on any atom is -0.341 e. The molecule has 106 valence electrons. The Bertz CT molecular complexity index is 601. The second-order valence-corrected chi connectivity index (χ2v) is 5.57. The van der Waals surface area contributed by atoms with Crippen molar-refractivity contribution >= 4 is 16.8 Å². The summed E-state index contributed by atoms with van der Waals surface area (Å²) in [6.45, 7) is 2.93. The molecule has 1 unspecified atom stereocenters. The minimum atomic E-state index is 0.0760. The predicted octanol–water partition coefficient (Wildman–Crippen LogP) is 1.63. The number of carbonyl (C=O) groups excluding carboxylic acids is 1. The molecule has 5 heteroatoms. The van der Waals surface area contributed by atoms with E-state index in [1.807, 2.05) is 30.1 Å². The number of carbonyl (C=O) groups is 1. The number of benzene rings is 1. The van der Waals surface area contributed by atoms with E-state index in [0.29, 0.717) is 11.5 Å².